The molecule has 32 heavy (non-hydrogen) atoms. The smallest absolute Gasteiger partial charge is 0.243 e. The van der Waals surface area contributed by atoms with Gasteiger partial charge in [-0.25, -0.2) is 13.4 Å². The number of benzene rings is 1. The Hall–Kier alpha value is -2.14. The maximum Gasteiger partial charge on any atom is 0.243 e. The number of aliphatic imine (C=N–C) groups is 1. The minimum Gasteiger partial charge on any atom is -0.379 e. The van der Waals surface area contributed by atoms with E-state index >= 15 is 0 Å². The molecular weight excluding hydrogens is 446 g/mol. The van der Waals surface area contributed by atoms with Crippen LogP contribution in [0.25, 0.3) is 0 Å². The zero-order chi connectivity index (χ0) is 22.3. The molecule has 1 saturated heterocycles. The summed E-state index contributed by atoms with van der Waals surface area (Å²) in [6, 6.07) is 9.56. The Morgan fingerprint density at radius 2 is 1.88 bits per heavy atom. The van der Waals surface area contributed by atoms with Crippen molar-refractivity contribution in [2.24, 2.45) is 10.1 Å². The standard InChI is InChI=1S/C22H27N5O3S2/c1-15-13-20(16(2)27(15)18-5-6-18)21-14-31-22(25-24-21)23-17-3-7-19(8-4-17)32(28,29)26-9-11-30-12-10-26/h3-4,7-8,13,18H,5-6,9-12,14H2,1-2H3,(H,23,25). The van der Waals surface area contributed by atoms with E-state index in [4.69, 9.17) is 4.74 Å². The van der Waals surface area contributed by atoms with Gasteiger partial charge in [0.15, 0.2) is 5.17 Å². The first-order valence-electron chi connectivity index (χ1n) is 10.8. The lowest BCUT2D eigenvalue weighted by atomic mass is 10.1. The van der Waals surface area contributed by atoms with Crippen molar-refractivity contribution in [2.45, 2.75) is 37.6 Å². The van der Waals surface area contributed by atoms with E-state index in [-0.39, 0.29) is 4.90 Å². The van der Waals surface area contributed by atoms with Crippen molar-refractivity contribution in [1.29, 1.82) is 0 Å². The molecule has 2 fully saturated rings. The van der Waals surface area contributed by atoms with Crippen LogP contribution in [-0.4, -0.2) is 60.2 Å². The zero-order valence-electron chi connectivity index (χ0n) is 18.2. The molecule has 1 saturated carbocycles. The Labute approximate surface area is 192 Å². The van der Waals surface area contributed by atoms with Crippen LogP contribution in [0.1, 0.15) is 35.8 Å². The molecule has 0 bridgehead atoms. The Morgan fingerprint density at radius 1 is 1.16 bits per heavy atom. The molecule has 3 aliphatic rings. The zero-order valence-corrected chi connectivity index (χ0v) is 19.9. The quantitative estimate of drug-likeness (QED) is 0.721. The average molecular weight is 474 g/mol. The highest BCUT2D eigenvalue weighted by Gasteiger charge is 2.29. The van der Waals surface area contributed by atoms with Gasteiger partial charge >= 0.3 is 0 Å². The van der Waals surface area contributed by atoms with Crippen LogP contribution < -0.4 is 5.43 Å². The van der Waals surface area contributed by atoms with Gasteiger partial charge in [0.1, 0.15) is 0 Å². The van der Waals surface area contributed by atoms with Gasteiger partial charge in [0.25, 0.3) is 0 Å². The Morgan fingerprint density at radius 3 is 2.50 bits per heavy atom. The van der Waals surface area contributed by atoms with Gasteiger partial charge in [0.05, 0.1) is 29.5 Å². The molecule has 2 aromatic rings. The van der Waals surface area contributed by atoms with Gasteiger partial charge in [-0.05, 0) is 57.0 Å². The number of hydrogen-bond acceptors (Lipinski definition) is 6. The largest absolute Gasteiger partial charge is 0.379 e. The maximum atomic E-state index is 12.8. The fourth-order valence-corrected chi connectivity index (χ4v) is 6.40. The Bertz CT molecular complexity index is 1170. The number of sulfonamides is 1. The summed E-state index contributed by atoms with van der Waals surface area (Å²) in [5.74, 6) is 0.740. The highest BCUT2D eigenvalue weighted by atomic mass is 32.2. The number of amidine groups is 1. The summed E-state index contributed by atoms with van der Waals surface area (Å²) in [4.78, 5) is 4.87. The summed E-state index contributed by atoms with van der Waals surface area (Å²) in [6.07, 6.45) is 2.53. The van der Waals surface area contributed by atoms with E-state index in [1.807, 2.05) is 0 Å². The number of thioether (sulfide) groups is 1. The molecule has 170 valence electrons. The molecule has 0 radical (unpaired) electrons. The lowest BCUT2D eigenvalue weighted by Gasteiger charge is -2.26. The Balaban J connectivity index is 1.29. The number of nitrogens with zero attached hydrogens (tertiary/aromatic N) is 4. The summed E-state index contributed by atoms with van der Waals surface area (Å²) < 4.78 is 34.7. The highest BCUT2D eigenvalue weighted by Crippen LogP contribution is 2.38. The molecule has 0 unspecified atom stereocenters. The van der Waals surface area contributed by atoms with Gasteiger partial charge in [0, 0.05) is 41.8 Å². The van der Waals surface area contributed by atoms with Crippen molar-refractivity contribution >= 4 is 38.4 Å². The molecule has 8 nitrogen and oxygen atoms in total. The monoisotopic (exact) mass is 473 g/mol. The topological polar surface area (TPSA) is 88.3 Å². The first-order chi connectivity index (χ1) is 15.4. The van der Waals surface area contributed by atoms with Crippen LogP contribution in [0.5, 0.6) is 0 Å². The number of aryl methyl sites for hydroxylation is 1. The van der Waals surface area contributed by atoms with Crippen molar-refractivity contribution in [2.75, 3.05) is 32.1 Å². The van der Waals surface area contributed by atoms with Crippen LogP contribution in [0.4, 0.5) is 5.69 Å². The van der Waals surface area contributed by atoms with Crippen molar-refractivity contribution in [3.8, 4) is 0 Å². The normalized spacial score (nSPS) is 21.4. The Kier molecular flexibility index (Phi) is 5.87. The van der Waals surface area contributed by atoms with E-state index in [2.05, 4.69) is 40.0 Å². The van der Waals surface area contributed by atoms with Crippen molar-refractivity contribution in [3.05, 3.63) is 47.3 Å². The minimum absolute atomic E-state index is 0.277. The summed E-state index contributed by atoms with van der Waals surface area (Å²) in [5, 5.41) is 5.28. The van der Waals surface area contributed by atoms with Gasteiger partial charge < -0.3 is 9.30 Å². The second-order valence-electron chi connectivity index (χ2n) is 8.27. The van der Waals surface area contributed by atoms with Crippen LogP contribution in [0.2, 0.25) is 0 Å². The van der Waals surface area contributed by atoms with E-state index in [0.717, 1.165) is 11.5 Å². The van der Waals surface area contributed by atoms with E-state index in [1.165, 1.54) is 34.1 Å². The van der Waals surface area contributed by atoms with Gasteiger partial charge in [-0.15, -0.1) is 0 Å². The van der Waals surface area contributed by atoms with E-state index in [9.17, 15) is 8.42 Å². The average Bonchev–Trinajstić information content (AvgIpc) is 3.59. The molecule has 1 aliphatic carbocycles. The second kappa shape index (κ2) is 8.66. The first kappa shape index (κ1) is 21.7. The number of rotatable bonds is 5. The fraction of sp³-hybridized carbons (Fsp3) is 0.455. The van der Waals surface area contributed by atoms with Gasteiger partial charge in [0.2, 0.25) is 10.0 Å². The second-order valence-corrected chi connectivity index (χ2v) is 11.2. The fourth-order valence-electron chi connectivity index (χ4n) is 4.22. The SMILES string of the molecule is Cc1cc(C2=NNC(=Nc3ccc(S(=O)(=O)N4CCOCC4)cc3)SC2)c(C)n1C1CC1. The number of morpholine rings is 1. The summed E-state index contributed by atoms with van der Waals surface area (Å²) in [7, 11) is -3.50. The van der Waals surface area contributed by atoms with Crippen LogP contribution in [-0.2, 0) is 14.8 Å². The third kappa shape index (κ3) is 4.24. The van der Waals surface area contributed by atoms with E-state index in [1.54, 1.807) is 36.0 Å². The molecule has 2 aliphatic heterocycles. The van der Waals surface area contributed by atoms with E-state index in [0.29, 0.717) is 43.2 Å². The van der Waals surface area contributed by atoms with E-state index < -0.39 is 10.0 Å². The molecule has 5 rings (SSSR count). The number of hydrogen-bond donors (Lipinski definition) is 1. The highest BCUT2D eigenvalue weighted by molar-refractivity contribution is 8.14. The third-order valence-electron chi connectivity index (χ3n) is 6.01. The van der Waals surface area contributed by atoms with Gasteiger partial charge in [-0.1, -0.05) is 11.8 Å². The molecule has 1 aromatic carbocycles. The van der Waals surface area contributed by atoms with Crippen molar-refractivity contribution in [1.82, 2.24) is 14.3 Å². The lowest BCUT2D eigenvalue weighted by Crippen LogP contribution is -2.40. The molecule has 0 atom stereocenters. The number of aromatic nitrogens is 1. The molecule has 1 N–H and O–H groups in total. The molecule has 0 amide bonds. The first-order valence-corrected chi connectivity index (χ1v) is 13.3. The van der Waals surface area contributed by atoms with Crippen LogP contribution in [0.15, 0.2) is 45.3 Å². The molecule has 3 heterocycles. The predicted octanol–water partition coefficient (Wildman–Crippen LogP) is 3.19. The summed E-state index contributed by atoms with van der Waals surface area (Å²) in [5.41, 5.74) is 8.55. The van der Waals surface area contributed by atoms with Crippen molar-refractivity contribution < 1.29 is 13.2 Å². The third-order valence-corrected chi connectivity index (χ3v) is 8.80. The predicted molar refractivity (Wildman–Crippen MR) is 127 cm³/mol. The number of ether oxygens (including phenoxy) is 1. The summed E-state index contributed by atoms with van der Waals surface area (Å²) in [6.45, 7) is 5.97. The maximum absolute atomic E-state index is 12.8. The van der Waals surface area contributed by atoms with Gasteiger partial charge in [-0.3, -0.25) is 5.43 Å². The molecule has 0 spiro atoms. The van der Waals surface area contributed by atoms with Crippen LogP contribution >= 0.6 is 11.8 Å². The van der Waals surface area contributed by atoms with Crippen molar-refractivity contribution in [3.63, 3.8) is 0 Å². The lowest BCUT2D eigenvalue weighted by molar-refractivity contribution is 0.0730. The molecule has 10 heteroatoms. The minimum atomic E-state index is -3.50. The van der Waals surface area contributed by atoms with Crippen LogP contribution in [0.3, 0.4) is 0 Å². The molecule has 1 aromatic heterocycles. The number of nitrogens with one attached hydrogen (secondary N) is 1. The number of hydrazone groups is 1. The molecular formula is C22H27N5O3S2. The van der Waals surface area contributed by atoms with Crippen LogP contribution in [0, 0.1) is 13.8 Å². The summed E-state index contributed by atoms with van der Waals surface area (Å²) >= 11 is 1.60. The van der Waals surface area contributed by atoms with Gasteiger partial charge in [-0.2, -0.15) is 9.41 Å².